The molecule has 2 aromatic rings. The molecular formula is C15H14FNO4. The zero-order valence-electron chi connectivity index (χ0n) is 11.4. The van der Waals surface area contributed by atoms with Gasteiger partial charge in [0.05, 0.1) is 12.8 Å². The first-order valence-corrected chi connectivity index (χ1v) is 6.31. The topological polar surface area (TPSA) is 62.9 Å². The number of ether oxygens (including phenoxy) is 4. The second-order valence-electron chi connectivity index (χ2n) is 4.50. The van der Waals surface area contributed by atoms with Crippen molar-refractivity contribution in [2.75, 3.05) is 19.6 Å². The van der Waals surface area contributed by atoms with E-state index >= 15 is 0 Å². The Labute approximate surface area is 121 Å². The number of halogens is 1. The molecule has 0 aliphatic carbocycles. The third-order valence-electron chi connectivity index (χ3n) is 3.12. The van der Waals surface area contributed by atoms with Gasteiger partial charge in [-0.2, -0.15) is 0 Å². The summed E-state index contributed by atoms with van der Waals surface area (Å²) in [6.07, 6.45) is 0. The zero-order chi connectivity index (χ0) is 14.8. The molecule has 5 nitrogen and oxygen atoms in total. The van der Waals surface area contributed by atoms with Gasteiger partial charge in [0.2, 0.25) is 6.79 Å². The summed E-state index contributed by atoms with van der Waals surface area (Å²) in [6, 6.07) is 8.12. The van der Waals surface area contributed by atoms with Crippen LogP contribution in [0, 0.1) is 5.82 Å². The highest BCUT2D eigenvalue weighted by Gasteiger charge is 2.14. The quantitative estimate of drug-likeness (QED) is 0.878. The minimum atomic E-state index is -0.523. The van der Waals surface area contributed by atoms with Crippen LogP contribution in [0.1, 0.15) is 5.56 Å². The largest absolute Gasteiger partial charge is 0.494 e. The van der Waals surface area contributed by atoms with Crippen molar-refractivity contribution in [3.05, 3.63) is 41.7 Å². The number of nitrogens with two attached hydrogens (primary N) is 1. The average Bonchev–Trinajstić information content (AvgIpc) is 2.94. The van der Waals surface area contributed by atoms with Gasteiger partial charge >= 0.3 is 0 Å². The van der Waals surface area contributed by atoms with E-state index in [1.54, 1.807) is 0 Å². The van der Waals surface area contributed by atoms with Gasteiger partial charge in [-0.3, -0.25) is 0 Å². The maximum Gasteiger partial charge on any atom is 0.231 e. The van der Waals surface area contributed by atoms with Gasteiger partial charge in [-0.1, -0.05) is 6.07 Å². The molecule has 2 aromatic carbocycles. The molecule has 21 heavy (non-hydrogen) atoms. The van der Waals surface area contributed by atoms with Crippen molar-refractivity contribution in [2.45, 2.75) is 6.61 Å². The first-order valence-electron chi connectivity index (χ1n) is 6.31. The third-order valence-corrected chi connectivity index (χ3v) is 3.12. The number of methoxy groups -OCH3 is 1. The predicted molar refractivity (Wildman–Crippen MR) is 74.3 cm³/mol. The molecule has 0 saturated carbocycles. The molecule has 0 amide bonds. The second kappa shape index (κ2) is 5.40. The van der Waals surface area contributed by atoms with Gasteiger partial charge in [-0.15, -0.1) is 0 Å². The van der Waals surface area contributed by atoms with Crippen molar-refractivity contribution < 1.29 is 23.3 Å². The molecule has 0 aromatic heterocycles. The van der Waals surface area contributed by atoms with Crippen molar-refractivity contribution in [3.63, 3.8) is 0 Å². The van der Waals surface area contributed by atoms with Gasteiger partial charge < -0.3 is 24.7 Å². The summed E-state index contributed by atoms with van der Waals surface area (Å²) in [5.41, 5.74) is 6.84. The lowest BCUT2D eigenvalue weighted by Gasteiger charge is -2.11. The minimum Gasteiger partial charge on any atom is -0.494 e. The molecule has 0 bridgehead atoms. The summed E-state index contributed by atoms with van der Waals surface area (Å²) in [4.78, 5) is 0. The fourth-order valence-corrected chi connectivity index (χ4v) is 2.02. The Morgan fingerprint density at radius 2 is 1.95 bits per heavy atom. The fraction of sp³-hybridized carbons (Fsp3) is 0.200. The summed E-state index contributed by atoms with van der Waals surface area (Å²) in [6.45, 7) is 0.497. The van der Waals surface area contributed by atoms with Crippen LogP contribution >= 0.6 is 0 Å². The van der Waals surface area contributed by atoms with E-state index in [1.807, 2.05) is 18.2 Å². The van der Waals surface area contributed by atoms with Gasteiger partial charge in [0.15, 0.2) is 23.1 Å². The number of benzene rings is 2. The Hall–Kier alpha value is -2.63. The number of hydrogen-bond acceptors (Lipinski definition) is 5. The van der Waals surface area contributed by atoms with Crippen LogP contribution in [0.2, 0.25) is 0 Å². The van der Waals surface area contributed by atoms with Crippen molar-refractivity contribution in [2.24, 2.45) is 0 Å². The van der Waals surface area contributed by atoms with Gasteiger partial charge in [-0.05, 0) is 17.7 Å². The zero-order valence-corrected chi connectivity index (χ0v) is 11.4. The van der Waals surface area contributed by atoms with Crippen molar-refractivity contribution >= 4 is 5.69 Å². The molecule has 110 valence electrons. The third kappa shape index (κ3) is 2.65. The standard InChI is InChI=1S/C15H14FNO4/c1-18-13-6-14(11(17)5-10(13)16)19-7-9-2-3-12-15(4-9)21-8-20-12/h2-6H,7-8,17H2,1H3. The number of hydrogen-bond donors (Lipinski definition) is 1. The lowest BCUT2D eigenvalue weighted by Crippen LogP contribution is -2.00. The maximum atomic E-state index is 13.5. The molecule has 0 spiro atoms. The molecule has 1 heterocycles. The monoisotopic (exact) mass is 291 g/mol. The number of anilines is 1. The lowest BCUT2D eigenvalue weighted by atomic mass is 10.2. The summed E-state index contributed by atoms with van der Waals surface area (Å²) in [7, 11) is 1.39. The Morgan fingerprint density at radius 3 is 2.76 bits per heavy atom. The van der Waals surface area contributed by atoms with Gasteiger partial charge in [0, 0.05) is 12.1 Å². The first-order chi connectivity index (χ1) is 10.2. The van der Waals surface area contributed by atoms with E-state index in [0.29, 0.717) is 17.2 Å². The molecule has 6 heteroatoms. The van der Waals surface area contributed by atoms with E-state index in [9.17, 15) is 4.39 Å². The van der Waals surface area contributed by atoms with Crippen LogP contribution in [0.15, 0.2) is 30.3 Å². The molecule has 0 radical (unpaired) electrons. The number of fused-ring (bicyclic) bond motifs is 1. The molecule has 0 fully saturated rings. The van der Waals surface area contributed by atoms with Crippen LogP contribution in [0.4, 0.5) is 10.1 Å². The molecular weight excluding hydrogens is 277 g/mol. The summed E-state index contributed by atoms with van der Waals surface area (Å²) in [5.74, 6) is 1.32. The highest BCUT2D eigenvalue weighted by atomic mass is 19.1. The molecule has 0 unspecified atom stereocenters. The molecule has 2 N–H and O–H groups in total. The highest BCUT2D eigenvalue weighted by molar-refractivity contribution is 5.56. The van der Waals surface area contributed by atoms with Gasteiger partial charge in [-0.25, -0.2) is 4.39 Å². The van der Waals surface area contributed by atoms with Crippen LogP contribution in [-0.4, -0.2) is 13.9 Å². The summed E-state index contributed by atoms with van der Waals surface area (Å²) >= 11 is 0. The van der Waals surface area contributed by atoms with Crippen molar-refractivity contribution in [1.29, 1.82) is 0 Å². The van der Waals surface area contributed by atoms with E-state index in [1.165, 1.54) is 19.2 Å². The average molecular weight is 291 g/mol. The number of rotatable bonds is 4. The molecule has 3 rings (SSSR count). The molecule has 1 aliphatic rings. The second-order valence-corrected chi connectivity index (χ2v) is 4.50. The predicted octanol–water partition coefficient (Wildman–Crippen LogP) is 2.72. The summed E-state index contributed by atoms with van der Waals surface area (Å²) in [5, 5.41) is 0. The first kappa shape index (κ1) is 13.4. The van der Waals surface area contributed by atoms with Gasteiger partial charge in [0.25, 0.3) is 0 Å². The lowest BCUT2D eigenvalue weighted by molar-refractivity contribution is 0.174. The Kier molecular flexibility index (Phi) is 3.43. The molecule has 0 saturated heterocycles. The van der Waals surface area contributed by atoms with Crippen LogP contribution in [-0.2, 0) is 6.61 Å². The smallest absolute Gasteiger partial charge is 0.231 e. The van der Waals surface area contributed by atoms with Crippen molar-refractivity contribution in [3.8, 4) is 23.0 Å². The van der Waals surface area contributed by atoms with Crippen molar-refractivity contribution in [1.82, 2.24) is 0 Å². The maximum absolute atomic E-state index is 13.5. The van der Waals surface area contributed by atoms with Crippen LogP contribution in [0.25, 0.3) is 0 Å². The SMILES string of the molecule is COc1cc(OCc2ccc3c(c2)OCO3)c(N)cc1F. The number of nitrogen functional groups attached to an aromatic ring is 1. The van der Waals surface area contributed by atoms with Crippen LogP contribution in [0.3, 0.4) is 0 Å². The van der Waals surface area contributed by atoms with Crippen LogP contribution < -0.4 is 24.7 Å². The van der Waals surface area contributed by atoms with E-state index < -0.39 is 5.82 Å². The van der Waals surface area contributed by atoms with E-state index in [-0.39, 0.29) is 24.8 Å². The normalized spacial score (nSPS) is 12.3. The van der Waals surface area contributed by atoms with Gasteiger partial charge in [0.1, 0.15) is 12.4 Å². The van der Waals surface area contributed by atoms with Crippen LogP contribution in [0.5, 0.6) is 23.0 Å². The summed E-state index contributed by atoms with van der Waals surface area (Å²) < 4.78 is 34.5. The minimum absolute atomic E-state index is 0.0879. The molecule has 1 aliphatic heterocycles. The fourth-order valence-electron chi connectivity index (χ4n) is 2.02. The Morgan fingerprint density at radius 1 is 1.14 bits per heavy atom. The Bertz CT molecular complexity index is 675. The van der Waals surface area contributed by atoms with E-state index in [0.717, 1.165) is 5.56 Å². The van der Waals surface area contributed by atoms with E-state index in [4.69, 9.17) is 24.7 Å². The van der Waals surface area contributed by atoms with E-state index in [2.05, 4.69) is 0 Å². The Balaban J connectivity index is 1.75. The highest BCUT2D eigenvalue weighted by Crippen LogP contribution is 2.34. The molecule has 0 atom stereocenters.